The summed E-state index contributed by atoms with van der Waals surface area (Å²) in [4.78, 5) is 0. The van der Waals surface area contributed by atoms with Crippen LogP contribution in [0, 0.1) is 17.5 Å². The zero-order chi connectivity index (χ0) is 13.3. The van der Waals surface area contributed by atoms with Gasteiger partial charge in [0.2, 0.25) is 0 Å². The lowest BCUT2D eigenvalue weighted by molar-refractivity contribution is 0.546. The van der Waals surface area contributed by atoms with E-state index < -0.39 is 23.0 Å². The van der Waals surface area contributed by atoms with Crippen molar-refractivity contribution < 1.29 is 13.2 Å². The quantitative estimate of drug-likeness (QED) is 0.870. The van der Waals surface area contributed by atoms with E-state index in [1.54, 1.807) is 13.0 Å². The van der Waals surface area contributed by atoms with Crippen LogP contribution in [-0.2, 0) is 5.54 Å². The van der Waals surface area contributed by atoms with Crippen LogP contribution in [0.2, 0.25) is 0 Å². The van der Waals surface area contributed by atoms with Crippen LogP contribution in [-0.4, -0.2) is 0 Å². The smallest absolute Gasteiger partial charge is 0.126 e. The van der Waals surface area contributed by atoms with E-state index in [1.807, 2.05) is 0 Å². The van der Waals surface area contributed by atoms with Gasteiger partial charge in [-0.05, 0) is 42.3 Å². The van der Waals surface area contributed by atoms with Crippen LogP contribution in [0.15, 0.2) is 42.5 Å². The van der Waals surface area contributed by atoms with Gasteiger partial charge in [0.25, 0.3) is 0 Å². The van der Waals surface area contributed by atoms with Gasteiger partial charge in [-0.3, -0.25) is 0 Å². The highest BCUT2D eigenvalue weighted by Crippen LogP contribution is 2.28. The third-order valence-corrected chi connectivity index (χ3v) is 2.89. The molecule has 1 unspecified atom stereocenters. The summed E-state index contributed by atoms with van der Waals surface area (Å²) in [6, 6.07) is 8.72. The number of benzene rings is 2. The third-order valence-electron chi connectivity index (χ3n) is 2.89. The van der Waals surface area contributed by atoms with E-state index in [2.05, 4.69) is 0 Å². The Kier molecular flexibility index (Phi) is 3.13. The minimum atomic E-state index is -1.16. The lowest BCUT2D eigenvalue weighted by Crippen LogP contribution is -2.34. The molecule has 0 aliphatic carbocycles. The first kappa shape index (κ1) is 12.6. The summed E-state index contributed by atoms with van der Waals surface area (Å²) in [6.07, 6.45) is 0. The zero-order valence-corrected chi connectivity index (χ0v) is 9.75. The largest absolute Gasteiger partial charge is 0.318 e. The second kappa shape index (κ2) is 4.46. The maximum Gasteiger partial charge on any atom is 0.126 e. The molecule has 0 spiro atoms. The van der Waals surface area contributed by atoms with Gasteiger partial charge in [0, 0.05) is 6.07 Å². The van der Waals surface area contributed by atoms with Crippen molar-refractivity contribution in [3.05, 3.63) is 71.0 Å². The zero-order valence-electron chi connectivity index (χ0n) is 9.75. The van der Waals surface area contributed by atoms with Gasteiger partial charge in [0.1, 0.15) is 17.5 Å². The van der Waals surface area contributed by atoms with Crippen LogP contribution in [0.25, 0.3) is 0 Å². The molecule has 1 atom stereocenters. The second-order valence-electron chi connectivity index (χ2n) is 4.37. The van der Waals surface area contributed by atoms with Crippen molar-refractivity contribution in [1.82, 2.24) is 0 Å². The molecule has 0 heterocycles. The Bertz CT molecular complexity index is 559. The van der Waals surface area contributed by atoms with E-state index in [-0.39, 0.29) is 5.56 Å². The first-order valence-corrected chi connectivity index (χ1v) is 5.41. The second-order valence-corrected chi connectivity index (χ2v) is 4.37. The van der Waals surface area contributed by atoms with Crippen LogP contribution in [0.5, 0.6) is 0 Å². The van der Waals surface area contributed by atoms with E-state index in [1.165, 1.54) is 18.2 Å². The molecule has 2 N–H and O–H groups in total. The maximum absolute atomic E-state index is 13.2. The molecule has 0 bridgehead atoms. The van der Waals surface area contributed by atoms with Crippen LogP contribution in [0.3, 0.4) is 0 Å². The van der Waals surface area contributed by atoms with Gasteiger partial charge in [-0.2, -0.15) is 0 Å². The molecule has 1 nitrogen and oxygen atoms in total. The Hall–Kier alpha value is -1.81. The number of halogens is 3. The van der Waals surface area contributed by atoms with Gasteiger partial charge in [0.05, 0.1) is 5.54 Å². The van der Waals surface area contributed by atoms with Crippen molar-refractivity contribution in [2.45, 2.75) is 12.5 Å². The van der Waals surface area contributed by atoms with Crippen LogP contribution >= 0.6 is 0 Å². The molecule has 2 aromatic carbocycles. The van der Waals surface area contributed by atoms with Gasteiger partial charge >= 0.3 is 0 Å². The SMILES string of the molecule is CC(N)(c1cccc(F)c1)c1cc(F)cc(F)c1. The fraction of sp³-hybridized carbons (Fsp3) is 0.143. The van der Waals surface area contributed by atoms with E-state index in [9.17, 15) is 13.2 Å². The lowest BCUT2D eigenvalue weighted by Gasteiger charge is -2.26. The van der Waals surface area contributed by atoms with Crippen LogP contribution in [0.4, 0.5) is 13.2 Å². The van der Waals surface area contributed by atoms with Gasteiger partial charge in [0.15, 0.2) is 0 Å². The molecular weight excluding hydrogens is 239 g/mol. The average molecular weight is 251 g/mol. The first-order chi connectivity index (χ1) is 8.39. The predicted octanol–water partition coefficient (Wildman–Crippen LogP) is 3.33. The molecule has 18 heavy (non-hydrogen) atoms. The minimum Gasteiger partial charge on any atom is -0.318 e. The number of hydrogen-bond donors (Lipinski definition) is 1. The van der Waals surface area contributed by atoms with Gasteiger partial charge in [-0.15, -0.1) is 0 Å². The maximum atomic E-state index is 13.2. The van der Waals surface area contributed by atoms with Crippen molar-refractivity contribution in [2.75, 3.05) is 0 Å². The number of rotatable bonds is 2. The molecule has 0 aliphatic rings. The number of hydrogen-bond acceptors (Lipinski definition) is 1. The predicted molar refractivity (Wildman–Crippen MR) is 63.4 cm³/mol. The Morgan fingerprint density at radius 2 is 1.39 bits per heavy atom. The normalized spacial score (nSPS) is 14.3. The van der Waals surface area contributed by atoms with Crippen molar-refractivity contribution in [3.63, 3.8) is 0 Å². The highest BCUT2D eigenvalue weighted by Gasteiger charge is 2.25. The first-order valence-electron chi connectivity index (χ1n) is 5.41. The molecule has 94 valence electrons. The summed E-state index contributed by atoms with van der Waals surface area (Å²) >= 11 is 0. The molecule has 0 saturated heterocycles. The van der Waals surface area contributed by atoms with Crippen LogP contribution < -0.4 is 5.73 Å². The summed E-state index contributed by atoms with van der Waals surface area (Å²) < 4.78 is 39.5. The molecule has 0 fully saturated rings. The van der Waals surface area contributed by atoms with E-state index in [0.717, 1.165) is 18.2 Å². The number of nitrogens with two attached hydrogens (primary N) is 1. The summed E-state index contributed by atoms with van der Waals surface area (Å²) in [5.41, 5.74) is 5.61. The molecule has 0 aliphatic heterocycles. The standard InChI is InChI=1S/C14H12F3N/c1-14(18,9-3-2-4-11(15)5-9)10-6-12(16)8-13(17)7-10/h2-8H,18H2,1H3. The van der Waals surface area contributed by atoms with Crippen molar-refractivity contribution in [2.24, 2.45) is 5.73 Å². The van der Waals surface area contributed by atoms with Gasteiger partial charge in [-0.1, -0.05) is 12.1 Å². The summed E-state index contributed by atoms with van der Waals surface area (Å²) in [6.45, 7) is 1.58. The van der Waals surface area contributed by atoms with E-state index in [4.69, 9.17) is 5.73 Å². The molecule has 0 radical (unpaired) electrons. The Morgan fingerprint density at radius 3 is 1.94 bits per heavy atom. The molecule has 0 amide bonds. The molecule has 0 saturated carbocycles. The Labute approximate surface area is 103 Å². The molecule has 2 aromatic rings. The minimum absolute atomic E-state index is 0.255. The highest BCUT2D eigenvalue weighted by atomic mass is 19.1. The molecule has 4 heteroatoms. The Balaban J connectivity index is 2.53. The monoisotopic (exact) mass is 251 g/mol. The van der Waals surface area contributed by atoms with Gasteiger partial charge in [-0.25, -0.2) is 13.2 Å². The highest BCUT2D eigenvalue weighted by molar-refractivity contribution is 5.37. The van der Waals surface area contributed by atoms with Crippen molar-refractivity contribution >= 4 is 0 Å². The lowest BCUT2D eigenvalue weighted by atomic mass is 9.85. The van der Waals surface area contributed by atoms with E-state index >= 15 is 0 Å². The summed E-state index contributed by atoms with van der Waals surface area (Å²) in [5.74, 6) is -1.86. The average Bonchev–Trinajstić information content (AvgIpc) is 2.27. The molecule has 0 aromatic heterocycles. The van der Waals surface area contributed by atoms with Gasteiger partial charge < -0.3 is 5.73 Å². The van der Waals surface area contributed by atoms with Crippen LogP contribution in [0.1, 0.15) is 18.1 Å². The third kappa shape index (κ3) is 2.38. The Morgan fingerprint density at radius 1 is 0.833 bits per heavy atom. The molecular formula is C14H12F3N. The fourth-order valence-corrected chi connectivity index (χ4v) is 1.83. The summed E-state index contributed by atoms with van der Waals surface area (Å²) in [5, 5.41) is 0. The van der Waals surface area contributed by atoms with E-state index in [0.29, 0.717) is 5.56 Å². The fourth-order valence-electron chi connectivity index (χ4n) is 1.83. The van der Waals surface area contributed by atoms with Crippen molar-refractivity contribution in [3.8, 4) is 0 Å². The summed E-state index contributed by atoms with van der Waals surface area (Å²) in [7, 11) is 0. The molecule has 2 rings (SSSR count). The van der Waals surface area contributed by atoms with Crippen molar-refractivity contribution in [1.29, 1.82) is 0 Å². The topological polar surface area (TPSA) is 26.0 Å².